The number of rotatable bonds is 6. The van der Waals surface area contributed by atoms with Gasteiger partial charge in [-0.05, 0) is 64.9 Å². The van der Waals surface area contributed by atoms with Crippen LogP contribution in [0.2, 0.25) is 5.02 Å². The number of carbonyl (C=O) groups excluding carboxylic acids is 1. The summed E-state index contributed by atoms with van der Waals surface area (Å²) in [5.41, 5.74) is 1.14. The lowest BCUT2D eigenvalue weighted by molar-refractivity contribution is -0.123. The van der Waals surface area contributed by atoms with Crippen molar-refractivity contribution in [1.29, 1.82) is 0 Å². The Morgan fingerprint density at radius 3 is 2.67 bits per heavy atom. The number of hydrogen-bond acceptors (Lipinski definition) is 2. The van der Waals surface area contributed by atoms with E-state index in [4.69, 9.17) is 16.3 Å². The van der Waals surface area contributed by atoms with Gasteiger partial charge in [0.25, 0.3) is 5.91 Å². The monoisotopic (exact) mass is 415 g/mol. The smallest absolute Gasteiger partial charge is 0.257 e. The van der Waals surface area contributed by atoms with Crippen LogP contribution in [0, 0.1) is 3.57 Å². The van der Waals surface area contributed by atoms with Gasteiger partial charge in [0.2, 0.25) is 0 Å². The van der Waals surface area contributed by atoms with Crippen molar-refractivity contribution < 1.29 is 9.53 Å². The molecule has 2 aromatic carbocycles. The maximum Gasteiger partial charge on any atom is 0.257 e. The Balaban J connectivity index is 1.69. The van der Waals surface area contributed by atoms with Gasteiger partial charge in [0.15, 0.2) is 6.61 Å². The molecule has 2 rings (SSSR count). The fourth-order valence-corrected chi connectivity index (χ4v) is 2.39. The van der Waals surface area contributed by atoms with Crippen molar-refractivity contribution in [3.8, 4) is 5.75 Å². The van der Waals surface area contributed by atoms with E-state index in [2.05, 4.69) is 27.9 Å². The van der Waals surface area contributed by atoms with E-state index >= 15 is 0 Å². The first-order valence-corrected chi connectivity index (χ1v) is 7.98. The Morgan fingerprint density at radius 1 is 1.19 bits per heavy atom. The highest BCUT2D eigenvalue weighted by atomic mass is 127. The lowest BCUT2D eigenvalue weighted by atomic mass is 10.1. The fraction of sp³-hybridized carbons (Fsp3) is 0.188. The van der Waals surface area contributed by atoms with Crippen LogP contribution in [0.1, 0.15) is 5.56 Å². The van der Waals surface area contributed by atoms with Gasteiger partial charge in [-0.15, -0.1) is 0 Å². The highest BCUT2D eigenvalue weighted by molar-refractivity contribution is 14.1. The van der Waals surface area contributed by atoms with E-state index < -0.39 is 0 Å². The first-order chi connectivity index (χ1) is 10.1. The van der Waals surface area contributed by atoms with Crippen molar-refractivity contribution in [3.63, 3.8) is 0 Å². The number of nitrogens with one attached hydrogen (secondary N) is 1. The lowest BCUT2D eigenvalue weighted by Crippen LogP contribution is -2.30. The Labute approximate surface area is 142 Å². The third kappa shape index (κ3) is 5.93. The van der Waals surface area contributed by atoms with Crippen LogP contribution in [0.15, 0.2) is 48.5 Å². The molecule has 0 radical (unpaired) electrons. The summed E-state index contributed by atoms with van der Waals surface area (Å²) in [4.78, 5) is 11.7. The average molecular weight is 416 g/mol. The van der Waals surface area contributed by atoms with E-state index in [-0.39, 0.29) is 12.5 Å². The third-order valence-corrected chi connectivity index (χ3v) is 3.74. The van der Waals surface area contributed by atoms with Crippen molar-refractivity contribution in [2.75, 3.05) is 13.2 Å². The van der Waals surface area contributed by atoms with E-state index in [1.807, 2.05) is 48.5 Å². The molecule has 0 aliphatic heterocycles. The minimum atomic E-state index is -0.122. The minimum Gasteiger partial charge on any atom is -0.484 e. The molecule has 0 aromatic heterocycles. The van der Waals surface area contributed by atoms with Gasteiger partial charge in [-0.25, -0.2) is 0 Å². The van der Waals surface area contributed by atoms with Crippen LogP contribution in [0.25, 0.3) is 0 Å². The first kappa shape index (κ1) is 16.1. The van der Waals surface area contributed by atoms with Gasteiger partial charge in [-0.2, -0.15) is 0 Å². The SMILES string of the molecule is O=C(COc1cccc(I)c1)NCCc1ccc(Cl)cc1. The van der Waals surface area contributed by atoms with Crippen molar-refractivity contribution >= 4 is 40.1 Å². The molecule has 0 atom stereocenters. The number of benzene rings is 2. The van der Waals surface area contributed by atoms with Gasteiger partial charge < -0.3 is 10.1 Å². The van der Waals surface area contributed by atoms with Gasteiger partial charge in [-0.3, -0.25) is 4.79 Å². The van der Waals surface area contributed by atoms with E-state index in [0.29, 0.717) is 17.3 Å². The second kappa shape index (κ2) is 8.24. The van der Waals surface area contributed by atoms with E-state index in [9.17, 15) is 4.79 Å². The van der Waals surface area contributed by atoms with Crippen LogP contribution < -0.4 is 10.1 Å². The molecule has 0 saturated carbocycles. The van der Waals surface area contributed by atoms with Crippen LogP contribution in [-0.4, -0.2) is 19.1 Å². The Bertz CT molecular complexity index is 601. The molecule has 0 fully saturated rings. The van der Waals surface area contributed by atoms with Crippen LogP contribution in [0.5, 0.6) is 5.75 Å². The molecule has 0 unspecified atom stereocenters. The highest BCUT2D eigenvalue weighted by Gasteiger charge is 2.03. The summed E-state index contributed by atoms with van der Waals surface area (Å²) in [5.74, 6) is 0.581. The Kier molecular flexibility index (Phi) is 6.32. The molecule has 0 aliphatic carbocycles. The molecule has 0 saturated heterocycles. The molecule has 0 bridgehead atoms. The molecule has 0 aliphatic rings. The number of halogens is 2. The summed E-state index contributed by atoms with van der Waals surface area (Å²) in [6.07, 6.45) is 0.770. The molecule has 1 amide bonds. The second-order valence-corrected chi connectivity index (χ2v) is 6.15. The Morgan fingerprint density at radius 2 is 1.95 bits per heavy atom. The second-order valence-electron chi connectivity index (χ2n) is 4.47. The minimum absolute atomic E-state index is 0.0285. The topological polar surface area (TPSA) is 38.3 Å². The molecular weight excluding hydrogens is 401 g/mol. The van der Waals surface area contributed by atoms with E-state index in [1.165, 1.54) is 0 Å². The van der Waals surface area contributed by atoms with E-state index in [1.54, 1.807) is 0 Å². The quantitative estimate of drug-likeness (QED) is 0.731. The number of hydrogen-bond donors (Lipinski definition) is 1. The van der Waals surface area contributed by atoms with Crippen LogP contribution >= 0.6 is 34.2 Å². The summed E-state index contributed by atoms with van der Waals surface area (Å²) in [5, 5.41) is 3.55. The van der Waals surface area contributed by atoms with Crippen LogP contribution in [-0.2, 0) is 11.2 Å². The molecule has 1 N–H and O–H groups in total. The zero-order valence-electron chi connectivity index (χ0n) is 11.3. The molecule has 110 valence electrons. The van der Waals surface area contributed by atoms with E-state index in [0.717, 1.165) is 15.6 Å². The van der Waals surface area contributed by atoms with Crippen LogP contribution in [0.4, 0.5) is 0 Å². The first-order valence-electron chi connectivity index (χ1n) is 6.53. The van der Waals surface area contributed by atoms with Gasteiger partial charge in [-0.1, -0.05) is 29.8 Å². The van der Waals surface area contributed by atoms with Crippen molar-refractivity contribution in [3.05, 3.63) is 62.7 Å². The normalized spacial score (nSPS) is 10.2. The molecule has 0 spiro atoms. The van der Waals surface area contributed by atoms with Crippen molar-refractivity contribution in [1.82, 2.24) is 5.32 Å². The number of amides is 1. The van der Waals surface area contributed by atoms with Gasteiger partial charge in [0.05, 0.1) is 0 Å². The zero-order chi connectivity index (χ0) is 15.1. The largest absolute Gasteiger partial charge is 0.484 e. The van der Waals surface area contributed by atoms with Gasteiger partial charge >= 0.3 is 0 Å². The Hall–Kier alpha value is -1.27. The molecule has 5 heteroatoms. The van der Waals surface area contributed by atoms with Crippen LogP contribution in [0.3, 0.4) is 0 Å². The molecule has 2 aromatic rings. The third-order valence-electron chi connectivity index (χ3n) is 2.82. The van der Waals surface area contributed by atoms with Gasteiger partial charge in [0, 0.05) is 15.1 Å². The summed E-state index contributed by atoms with van der Waals surface area (Å²) in [6, 6.07) is 15.2. The molecule has 21 heavy (non-hydrogen) atoms. The molecule has 0 heterocycles. The number of ether oxygens (including phenoxy) is 1. The highest BCUT2D eigenvalue weighted by Crippen LogP contribution is 2.14. The van der Waals surface area contributed by atoms with Gasteiger partial charge in [0.1, 0.15) is 5.75 Å². The summed E-state index contributed by atoms with van der Waals surface area (Å²) >= 11 is 8.02. The zero-order valence-corrected chi connectivity index (χ0v) is 14.2. The lowest BCUT2D eigenvalue weighted by Gasteiger charge is -2.08. The average Bonchev–Trinajstić information content (AvgIpc) is 2.47. The summed E-state index contributed by atoms with van der Waals surface area (Å²) in [6.45, 7) is 0.608. The summed E-state index contributed by atoms with van der Waals surface area (Å²) < 4.78 is 6.51. The maximum absolute atomic E-state index is 11.7. The standard InChI is InChI=1S/C16H15ClINO2/c17-13-6-4-12(5-7-13)8-9-19-16(20)11-21-15-3-1-2-14(18)10-15/h1-7,10H,8-9,11H2,(H,19,20). The molecular formula is C16H15ClINO2. The predicted octanol–water partition coefficient (Wildman–Crippen LogP) is 3.68. The predicted molar refractivity (Wildman–Crippen MR) is 92.8 cm³/mol. The van der Waals surface area contributed by atoms with Crippen molar-refractivity contribution in [2.24, 2.45) is 0 Å². The number of carbonyl (C=O) groups is 1. The van der Waals surface area contributed by atoms with Crippen molar-refractivity contribution in [2.45, 2.75) is 6.42 Å². The maximum atomic E-state index is 11.7. The fourth-order valence-electron chi connectivity index (χ4n) is 1.75. The summed E-state index contributed by atoms with van der Waals surface area (Å²) in [7, 11) is 0. The molecule has 3 nitrogen and oxygen atoms in total.